The summed E-state index contributed by atoms with van der Waals surface area (Å²) in [4.78, 5) is 55.2. The molecule has 5 amide bonds. The van der Waals surface area contributed by atoms with E-state index in [1.807, 2.05) is 5.32 Å². The van der Waals surface area contributed by atoms with Crippen molar-refractivity contribution in [2.75, 3.05) is 0 Å². The zero-order valence-corrected chi connectivity index (χ0v) is 10.6. The minimum atomic E-state index is -1.02. The molecule has 0 aromatic heterocycles. The van der Waals surface area contributed by atoms with Gasteiger partial charge in [0.05, 0.1) is 0 Å². The summed E-state index contributed by atoms with van der Waals surface area (Å²) in [6, 6.07) is -1.71. The second-order valence-electron chi connectivity index (χ2n) is 4.27. The third-order valence-corrected chi connectivity index (χ3v) is 2.59. The number of carboxylic acids is 1. The predicted molar refractivity (Wildman–Crippen MR) is 64.3 cm³/mol. The van der Waals surface area contributed by atoms with Crippen LogP contribution in [0.5, 0.6) is 0 Å². The third-order valence-electron chi connectivity index (χ3n) is 2.59. The van der Waals surface area contributed by atoms with E-state index in [1.165, 1.54) is 0 Å². The minimum absolute atomic E-state index is 0.102. The molecule has 0 aliphatic carbocycles. The van der Waals surface area contributed by atoms with E-state index in [1.54, 1.807) is 0 Å². The molecule has 1 saturated heterocycles. The number of piperidine rings is 1. The lowest BCUT2D eigenvalue weighted by atomic mass is 10.1. The number of nitrogens with one attached hydrogen (secondary N) is 3. The highest BCUT2D eigenvalue weighted by atomic mass is 16.4. The maximum atomic E-state index is 11.4. The molecule has 1 unspecified atom stereocenters. The van der Waals surface area contributed by atoms with E-state index in [-0.39, 0.29) is 32.1 Å². The lowest BCUT2D eigenvalue weighted by Gasteiger charge is -2.21. The van der Waals surface area contributed by atoms with E-state index in [4.69, 9.17) is 5.11 Å². The topological polar surface area (TPSA) is 142 Å². The van der Waals surface area contributed by atoms with Crippen LogP contribution in [0.15, 0.2) is 0 Å². The first-order valence-electron chi connectivity index (χ1n) is 6.04. The van der Waals surface area contributed by atoms with Crippen molar-refractivity contribution in [1.82, 2.24) is 16.0 Å². The molecule has 110 valence electrons. The molecule has 0 spiro atoms. The molecule has 0 radical (unpaired) electrons. The lowest BCUT2D eigenvalue weighted by molar-refractivity contribution is -0.137. The van der Waals surface area contributed by atoms with E-state index in [2.05, 4.69) is 10.6 Å². The van der Waals surface area contributed by atoms with Crippen LogP contribution >= 0.6 is 0 Å². The lowest BCUT2D eigenvalue weighted by Crippen LogP contribution is -2.55. The Morgan fingerprint density at radius 2 is 1.95 bits per heavy atom. The predicted octanol–water partition coefficient (Wildman–Crippen LogP) is -1.13. The molecular formula is C11H15N3O6. The zero-order valence-electron chi connectivity index (χ0n) is 10.6. The van der Waals surface area contributed by atoms with Crippen LogP contribution in [-0.4, -0.2) is 40.9 Å². The van der Waals surface area contributed by atoms with E-state index >= 15 is 0 Å². The van der Waals surface area contributed by atoms with Gasteiger partial charge in [0, 0.05) is 19.3 Å². The number of hydrogen-bond acceptors (Lipinski definition) is 5. The van der Waals surface area contributed by atoms with Crippen molar-refractivity contribution in [1.29, 1.82) is 0 Å². The first kappa shape index (κ1) is 15.6. The molecule has 1 rings (SSSR count). The molecule has 0 bridgehead atoms. The van der Waals surface area contributed by atoms with Crippen molar-refractivity contribution in [3.8, 4) is 0 Å². The fraction of sp³-hybridized carbons (Fsp3) is 0.545. The first-order valence-corrected chi connectivity index (χ1v) is 6.04. The Hall–Kier alpha value is -2.45. The van der Waals surface area contributed by atoms with Gasteiger partial charge in [-0.15, -0.1) is 0 Å². The molecule has 20 heavy (non-hydrogen) atoms. The van der Waals surface area contributed by atoms with Crippen molar-refractivity contribution in [2.24, 2.45) is 0 Å². The molecular weight excluding hydrogens is 270 g/mol. The van der Waals surface area contributed by atoms with Crippen LogP contribution in [0.3, 0.4) is 0 Å². The number of aliphatic carboxylic acids is 1. The van der Waals surface area contributed by atoms with Gasteiger partial charge < -0.3 is 10.4 Å². The minimum Gasteiger partial charge on any atom is -0.481 e. The largest absolute Gasteiger partial charge is 0.481 e. The maximum absolute atomic E-state index is 11.4. The maximum Gasteiger partial charge on any atom is 0.322 e. The smallest absolute Gasteiger partial charge is 0.322 e. The number of carbonyl (C=O) groups excluding carboxylic acids is 4. The summed E-state index contributed by atoms with van der Waals surface area (Å²) in [6.45, 7) is 0. The molecule has 0 aromatic carbocycles. The van der Waals surface area contributed by atoms with Gasteiger partial charge in [0.25, 0.3) is 0 Å². The number of carboxylic acid groups (broad SMARTS) is 1. The van der Waals surface area contributed by atoms with Crippen LogP contribution in [0.4, 0.5) is 4.79 Å². The Labute approximate surface area is 114 Å². The third kappa shape index (κ3) is 5.46. The molecule has 1 atom stereocenters. The zero-order chi connectivity index (χ0) is 15.1. The molecule has 1 heterocycles. The molecule has 1 aliphatic rings. The van der Waals surface area contributed by atoms with Crippen LogP contribution in [0.2, 0.25) is 0 Å². The van der Waals surface area contributed by atoms with Gasteiger partial charge in [0.2, 0.25) is 17.7 Å². The summed E-state index contributed by atoms with van der Waals surface area (Å²) < 4.78 is 0. The fourth-order valence-corrected chi connectivity index (χ4v) is 1.61. The van der Waals surface area contributed by atoms with Crippen LogP contribution in [0.1, 0.15) is 32.1 Å². The molecule has 0 saturated carbocycles. The summed E-state index contributed by atoms with van der Waals surface area (Å²) in [5.41, 5.74) is 0. The summed E-state index contributed by atoms with van der Waals surface area (Å²) in [5.74, 6) is -2.67. The van der Waals surface area contributed by atoms with Crippen LogP contribution < -0.4 is 16.0 Å². The Balaban J connectivity index is 2.29. The number of rotatable bonds is 5. The molecule has 9 nitrogen and oxygen atoms in total. The average Bonchev–Trinajstić information content (AvgIpc) is 2.32. The van der Waals surface area contributed by atoms with Gasteiger partial charge >= 0.3 is 12.0 Å². The molecule has 9 heteroatoms. The summed E-state index contributed by atoms with van der Waals surface area (Å²) >= 11 is 0. The van der Waals surface area contributed by atoms with E-state index in [0.29, 0.717) is 0 Å². The van der Waals surface area contributed by atoms with Gasteiger partial charge in [0.15, 0.2) is 0 Å². The van der Waals surface area contributed by atoms with Gasteiger partial charge in [0.1, 0.15) is 6.04 Å². The second kappa shape index (κ2) is 7.22. The molecule has 0 aromatic rings. The number of carbonyl (C=O) groups is 5. The average molecular weight is 285 g/mol. The van der Waals surface area contributed by atoms with Gasteiger partial charge in [-0.2, -0.15) is 0 Å². The summed E-state index contributed by atoms with van der Waals surface area (Å²) in [6.07, 6.45) is 0.138. The Morgan fingerprint density at radius 1 is 1.25 bits per heavy atom. The number of urea groups is 1. The van der Waals surface area contributed by atoms with E-state index in [0.717, 1.165) is 0 Å². The van der Waals surface area contributed by atoms with Crippen molar-refractivity contribution >= 4 is 29.7 Å². The van der Waals surface area contributed by atoms with E-state index in [9.17, 15) is 24.0 Å². The fourth-order valence-electron chi connectivity index (χ4n) is 1.61. The molecule has 4 N–H and O–H groups in total. The standard InChI is InChI=1S/C11H15N3O6/c15-7(2-1-3-9(17)18)14-11(20)12-6-4-5-8(16)13-10(6)19/h6H,1-5H2,(H,17,18)(H,13,16,19)(H2,12,14,15,20). The second-order valence-corrected chi connectivity index (χ2v) is 4.27. The van der Waals surface area contributed by atoms with Crippen LogP contribution in [-0.2, 0) is 19.2 Å². The van der Waals surface area contributed by atoms with Crippen molar-refractivity contribution in [3.05, 3.63) is 0 Å². The van der Waals surface area contributed by atoms with Gasteiger partial charge in [-0.3, -0.25) is 29.8 Å². The van der Waals surface area contributed by atoms with Gasteiger partial charge in [-0.05, 0) is 12.8 Å². The highest BCUT2D eigenvalue weighted by Gasteiger charge is 2.28. The summed E-state index contributed by atoms with van der Waals surface area (Å²) in [5, 5.41) is 14.7. The quantitative estimate of drug-likeness (QED) is 0.471. The van der Waals surface area contributed by atoms with Gasteiger partial charge in [-0.1, -0.05) is 0 Å². The van der Waals surface area contributed by atoms with E-state index < -0.39 is 35.8 Å². The first-order chi connectivity index (χ1) is 9.38. The van der Waals surface area contributed by atoms with Crippen LogP contribution in [0.25, 0.3) is 0 Å². The van der Waals surface area contributed by atoms with Gasteiger partial charge in [-0.25, -0.2) is 4.79 Å². The highest BCUT2D eigenvalue weighted by Crippen LogP contribution is 2.04. The van der Waals surface area contributed by atoms with Crippen molar-refractivity contribution in [2.45, 2.75) is 38.1 Å². The number of amides is 5. The van der Waals surface area contributed by atoms with Crippen molar-refractivity contribution < 1.29 is 29.1 Å². The Morgan fingerprint density at radius 3 is 2.55 bits per heavy atom. The summed E-state index contributed by atoms with van der Waals surface area (Å²) in [7, 11) is 0. The normalized spacial score (nSPS) is 18.1. The Bertz CT molecular complexity index is 447. The Kier molecular flexibility index (Phi) is 5.63. The molecule has 1 aliphatic heterocycles. The van der Waals surface area contributed by atoms with Crippen LogP contribution in [0, 0.1) is 0 Å². The molecule has 1 fully saturated rings. The number of imide groups is 2. The highest BCUT2D eigenvalue weighted by molar-refractivity contribution is 6.02. The van der Waals surface area contributed by atoms with Crippen molar-refractivity contribution in [3.63, 3.8) is 0 Å². The monoisotopic (exact) mass is 285 g/mol. The SMILES string of the molecule is O=C(O)CCCC(=O)NC(=O)NC1CCC(=O)NC1=O. The number of hydrogen-bond donors (Lipinski definition) is 4.